The fraction of sp³-hybridized carbons (Fsp3) is 0.125. The third-order valence-corrected chi connectivity index (χ3v) is 4.40. The van der Waals surface area contributed by atoms with Crippen LogP contribution in [0.3, 0.4) is 0 Å². The number of para-hydroxylation sites is 1. The van der Waals surface area contributed by atoms with E-state index in [9.17, 15) is 4.79 Å². The monoisotopic (exact) mass is 348 g/mol. The molecule has 1 amide bonds. The molecule has 2 aromatic carbocycles. The first-order valence-corrected chi connectivity index (χ1v) is 7.90. The summed E-state index contributed by atoms with van der Waals surface area (Å²) in [6, 6.07) is 10.5. The summed E-state index contributed by atoms with van der Waals surface area (Å²) in [7, 11) is 3.09. The molecule has 1 N–H and O–H groups in total. The SMILES string of the molecule is COc1ccc(Cl)cc1C(=O)Nc1nc2c(OC)cccc2s1. The number of fused-ring (bicyclic) bond motifs is 1. The molecule has 1 aromatic heterocycles. The van der Waals surface area contributed by atoms with E-state index >= 15 is 0 Å². The minimum absolute atomic E-state index is 0.331. The number of carbonyl (C=O) groups is 1. The maximum atomic E-state index is 12.5. The first-order valence-electron chi connectivity index (χ1n) is 6.71. The van der Waals surface area contributed by atoms with Gasteiger partial charge in [-0.05, 0) is 30.3 Å². The lowest BCUT2D eigenvalue weighted by atomic mass is 10.2. The summed E-state index contributed by atoms with van der Waals surface area (Å²) >= 11 is 7.33. The van der Waals surface area contributed by atoms with Crippen molar-refractivity contribution in [2.24, 2.45) is 0 Å². The average Bonchev–Trinajstić information content (AvgIpc) is 2.96. The van der Waals surface area contributed by atoms with Crippen LogP contribution in [0.2, 0.25) is 5.02 Å². The number of hydrogen-bond acceptors (Lipinski definition) is 5. The van der Waals surface area contributed by atoms with Gasteiger partial charge in [0, 0.05) is 5.02 Å². The maximum Gasteiger partial charge on any atom is 0.261 e. The number of methoxy groups -OCH3 is 2. The molecule has 0 aliphatic heterocycles. The molecule has 0 bridgehead atoms. The van der Waals surface area contributed by atoms with Crippen molar-refractivity contribution in [3.8, 4) is 11.5 Å². The highest BCUT2D eigenvalue weighted by atomic mass is 35.5. The smallest absolute Gasteiger partial charge is 0.261 e. The predicted octanol–water partition coefficient (Wildman–Crippen LogP) is 4.22. The van der Waals surface area contributed by atoms with E-state index in [4.69, 9.17) is 21.1 Å². The summed E-state index contributed by atoms with van der Waals surface area (Å²) < 4.78 is 11.4. The van der Waals surface area contributed by atoms with E-state index < -0.39 is 0 Å². The lowest BCUT2D eigenvalue weighted by Gasteiger charge is -2.08. The molecule has 0 fully saturated rings. The van der Waals surface area contributed by atoms with Gasteiger partial charge in [-0.3, -0.25) is 10.1 Å². The van der Waals surface area contributed by atoms with Crippen LogP contribution in [0.25, 0.3) is 10.2 Å². The summed E-state index contributed by atoms with van der Waals surface area (Å²) in [5.41, 5.74) is 1.07. The molecule has 0 saturated carbocycles. The summed E-state index contributed by atoms with van der Waals surface area (Å²) in [6.45, 7) is 0. The van der Waals surface area contributed by atoms with Gasteiger partial charge in [0.05, 0.1) is 24.5 Å². The van der Waals surface area contributed by atoms with E-state index in [1.165, 1.54) is 18.4 Å². The van der Waals surface area contributed by atoms with Crippen LogP contribution in [0.15, 0.2) is 36.4 Å². The summed E-state index contributed by atoms with van der Waals surface area (Å²) in [5.74, 6) is 0.785. The van der Waals surface area contributed by atoms with Gasteiger partial charge in [0.15, 0.2) is 5.13 Å². The topological polar surface area (TPSA) is 60.5 Å². The van der Waals surface area contributed by atoms with Gasteiger partial charge in [-0.25, -0.2) is 4.98 Å². The Balaban J connectivity index is 1.93. The van der Waals surface area contributed by atoms with Gasteiger partial charge in [0.1, 0.15) is 17.0 Å². The molecule has 0 aliphatic carbocycles. The van der Waals surface area contributed by atoms with Gasteiger partial charge < -0.3 is 9.47 Å². The Kier molecular flexibility index (Phi) is 4.36. The van der Waals surface area contributed by atoms with Gasteiger partial charge in [0.2, 0.25) is 0 Å². The van der Waals surface area contributed by atoms with Crippen LogP contribution in [0.4, 0.5) is 5.13 Å². The lowest BCUT2D eigenvalue weighted by molar-refractivity contribution is 0.102. The Bertz CT molecular complexity index is 879. The van der Waals surface area contributed by atoms with E-state index in [1.807, 2.05) is 18.2 Å². The van der Waals surface area contributed by atoms with Crippen molar-refractivity contribution in [3.05, 3.63) is 47.0 Å². The number of carbonyl (C=O) groups excluding carboxylic acids is 1. The van der Waals surface area contributed by atoms with Crippen LogP contribution in [-0.2, 0) is 0 Å². The van der Waals surface area contributed by atoms with Gasteiger partial charge >= 0.3 is 0 Å². The summed E-state index contributed by atoms with van der Waals surface area (Å²) in [6.07, 6.45) is 0. The van der Waals surface area contributed by atoms with Crippen LogP contribution in [0, 0.1) is 0 Å². The minimum Gasteiger partial charge on any atom is -0.496 e. The van der Waals surface area contributed by atoms with Crippen molar-refractivity contribution in [2.75, 3.05) is 19.5 Å². The third-order valence-electron chi connectivity index (χ3n) is 3.23. The second kappa shape index (κ2) is 6.44. The van der Waals surface area contributed by atoms with Crippen molar-refractivity contribution in [1.82, 2.24) is 4.98 Å². The van der Waals surface area contributed by atoms with Crippen LogP contribution in [-0.4, -0.2) is 25.1 Å². The van der Waals surface area contributed by atoms with Crippen LogP contribution < -0.4 is 14.8 Å². The predicted molar refractivity (Wildman–Crippen MR) is 92.1 cm³/mol. The van der Waals surface area contributed by atoms with Gasteiger partial charge in [-0.1, -0.05) is 29.0 Å². The van der Waals surface area contributed by atoms with E-state index in [0.29, 0.717) is 32.7 Å². The number of nitrogens with one attached hydrogen (secondary N) is 1. The van der Waals surface area contributed by atoms with Gasteiger partial charge in [0.25, 0.3) is 5.91 Å². The molecule has 0 saturated heterocycles. The number of amides is 1. The Hall–Kier alpha value is -2.31. The zero-order chi connectivity index (χ0) is 16.4. The summed E-state index contributed by atoms with van der Waals surface area (Å²) in [4.78, 5) is 16.9. The number of rotatable bonds is 4. The highest BCUT2D eigenvalue weighted by molar-refractivity contribution is 7.22. The molecule has 5 nitrogen and oxygen atoms in total. The summed E-state index contributed by atoms with van der Waals surface area (Å²) in [5, 5.41) is 3.72. The Morgan fingerprint density at radius 2 is 1.96 bits per heavy atom. The molecule has 23 heavy (non-hydrogen) atoms. The number of nitrogens with zero attached hydrogens (tertiary/aromatic N) is 1. The third kappa shape index (κ3) is 3.09. The Labute approximate surface area is 141 Å². The number of halogens is 1. The normalized spacial score (nSPS) is 10.6. The number of hydrogen-bond donors (Lipinski definition) is 1. The number of anilines is 1. The van der Waals surface area contributed by atoms with Crippen molar-refractivity contribution >= 4 is 44.2 Å². The van der Waals surface area contributed by atoms with Crippen LogP contribution in [0.1, 0.15) is 10.4 Å². The van der Waals surface area contributed by atoms with Crippen LogP contribution in [0.5, 0.6) is 11.5 Å². The maximum absolute atomic E-state index is 12.5. The first-order chi connectivity index (χ1) is 11.1. The molecular weight excluding hydrogens is 336 g/mol. The molecule has 118 valence electrons. The fourth-order valence-corrected chi connectivity index (χ4v) is 3.21. The molecule has 0 atom stereocenters. The van der Waals surface area contributed by atoms with E-state index in [-0.39, 0.29) is 5.91 Å². The quantitative estimate of drug-likeness (QED) is 0.766. The highest BCUT2D eigenvalue weighted by Gasteiger charge is 2.16. The second-order valence-electron chi connectivity index (χ2n) is 4.62. The largest absolute Gasteiger partial charge is 0.496 e. The molecule has 0 aliphatic rings. The van der Waals surface area contributed by atoms with Crippen molar-refractivity contribution in [3.63, 3.8) is 0 Å². The molecule has 0 radical (unpaired) electrons. The minimum atomic E-state index is -0.331. The lowest BCUT2D eigenvalue weighted by Crippen LogP contribution is -2.13. The van der Waals surface area contributed by atoms with Crippen molar-refractivity contribution in [2.45, 2.75) is 0 Å². The number of thiazole rings is 1. The molecule has 0 spiro atoms. The zero-order valence-corrected chi connectivity index (χ0v) is 14.0. The van der Waals surface area contributed by atoms with E-state index in [2.05, 4.69) is 10.3 Å². The molecule has 3 rings (SSSR count). The van der Waals surface area contributed by atoms with Gasteiger partial charge in [-0.2, -0.15) is 0 Å². The average molecular weight is 349 g/mol. The molecule has 3 aromatic rings. The van der Waals surface area contributed by atoms with Crippen molar-refractivity contribution < 1.29 is 14.3 Å². The molecule has 1 heterocycles. The molecular formula is C16H13ClN2O3S. The molecule has 0 unspecified atom stereocenters. The Morgan fingerprint density at radius 1 is 1.17 bits per heavy atom. The van der Waals surface area contributed by atoms with Crippen molar-refractivity contribution in [1.29, 1.82) is 0 Å². The van der Waals surface area contributed by atoms with E-state index in [0.717, 1.165) is 4.70 Å². The molecule has 7 heteroatoms. The number of benzene rings is 2. The highest BCUT2D eigenvalue weighted by Crippen LogP contribution is 2.32. The fourth-order valence-electron chi connectivity index (χ4n) is 2.16. The first kappa shape index (κ1) is 15.6. The van der Waals surface area contributed by atoms with E-state index in [1.54, 1.807) is 25.3 Å². The standard InChI is InChI=1S/C16H13ClN2O3S/c1-21-11-7-6-9(17)8-10(11)15(20)19-16-18-14-12(22-2)4-3-5-13(14)23-16/h3-8H,1-2H3,(H,18,19,20). The zero-order valence-electron chi connectivity index (χ0n) is 12.4. The van der Waals surface area contributed by atoms with Gasteiger partial charge in [-0.15, -0.1) is 0 Å². The van der Waals surface area contributed by atoms with Crippen LogP contribution >= 0.6 is 22.9 Å². The number of aromatic nitrogens is 1. The Morgan fingerprint density at radius 3 is 2.70 bits per heavy atom. The second-order valence-corrected chi connectivity index (χ2v) is 6.09. The number of ether oxygens (including phenoxy) is 2.